The molecule has 1 N–H and O–H groups in total. The number of aromatic nitrogens is 1. The Morgan fingerprint density at radius 2 is 2.25 bits per heavy atom. The van der Waals surface area contributed by atoms with Gasteiger partial charge in [-0.2, -0.15) is 5.26 Å². The lowest BCUT2D eigenvalue weighted by molar-refractivity contribution is 0.373. The molecule has 0 unspecified atom stereocenters. The molecule has 0 aliphatic carbocycles. The number of nitrogens with zero attached hydrogens (tertiary/aromatic N) is 2. The van der Waals surface area contributed by atoms with Gasteiger partial charge in [-0.15, -0.1) is 22.7 Å². The molecule has 120 valence electrons. The Kier molecular flexibility index (Phi) is 4.86. The minimum atomic E-state index is -0.121. The van der Waals surface area contributed by atoms with E-state index in [2.05, 4.69) is 11.1 Å². The Morgan fingerprint density at radius 3 is 2.92 bits per heavy atom. The largest absolute Gasteiger partial charge is 0.503 e. The zero-order valence-electron chi connectivity index (χ0n) is 12.5. The van der Waals surface area contributed by atoms with Crippen molar-refractivity contribution in [3.8, 4) is 28.1 Å². The molecule has 0 saturated heterocycles. The average molecular weight is 375 g/mol. The molecule has 0 bridgehead atoms. The maximum atomic E-state index is 9.79. The van der Waals surface area contributed by atoms with Crippen molar-refractivity contribution in [1.82, 2.24) is 4.98 Å². The Balaban J connectivity index is 1.99. The van der Waals surface area contributed by atoms with Gasteiger partial charge in [-0.25, -0.2) is 4.98 Å². The van der Waals surface area contributed by atoms with Crippen molar-refractivity contribution in [2.24, 2.45) is 0 Å². The second-order valence-electron chi connectivity index (χ2n) is 4.74. The fraction of sp³-hybridized carbons (Fsp3) is 0.0588. The van der Waals surface area contributed by atoms with Crippen molar-refractivity contribution in [3.05, 3.63) is 50.6 Å². The molecule has 0 saturated carbocycles. The molecule has 24 heavy (non-hydrogen) atoms. The van der Waals surface area contributed by atoms with E-state index in [9.17, 15) is 10.4 Å². The number of ether oxygens (including phenoxy) is 1. The summed E-state index contributed by atoms with van der Waals surface area (Å²) in [5.41, 5.74) is 1.93. The van der Waals surface area contributed by atoms with Crippen LogP contribution >= 0.6 is 34.3 Å². The van der Waals surface area contributed by atoms with E-state index >= 15 is 0 Å². The highest BCUT2D eigenvalue weighted by Crippen LogP contribution is 2.36. The predicted molar refractivity (Wildman–Crippen MR) is 98.6 cm³/mol. The van der Waals surface area contributed by atoms with Crippen molar-refractivity contribution >= 4 is 45.9 Å². The van der Waals surface area contributed by atoms with Crippen molar-refractivity contribution < 1.29 is 9.84 Å². The Labute approximate surface area is 151 Å². The van der Waals surface area contributed by atoms with Gasteiger partial charge in [0.25, 0.3) is 0 Å². The third-order valence-corrected chi connectivity index (χ3v) is 5.27. The zero-order valence-corrected chi connectivity index (χ0v) is 14.9. The molecule has 0 fully saturated rings. The molecule has 0 spiro atoms. The maximum absolute atomic E-state index is 9.79. The molecule has 4 nitrogen and oxygen atoms in total. The van der Waals surface area contributed by atoms with Gasteiger partial charge in [-0.3, -0.25) is 0 Å². The Morgan fingerprint density at radius 1 is 1.42 bits per heavy atom. The van der Waals surface area contributed by atoms with Gasteiger partial charge >= 0.3 is 0 Å². The van der Waals surface area contributed by atoms with Crippen LogP contribution in [-0.4, -0.2) is 17.2 Å². The number of phenolic OH excluding ortho intramolecular Hbond substituents is 1. The third kappa shape index (κ3) is 3.29. The summed E-state index contributed by atoms with van der Waals surface area (Å²) in [7, 11) is 1.44. The van der Waals surface area contributed by atoms with E-state index in [1.165, 1.54) is 18.4 Å². The van der Waals surface area contributed by atoms with Gasteiger partial charge < -0.3 is 9.84 Å². The van der Waals surface area contributed by atoms with E-state index in [0.29, 0.717) is 16.1 Å². The highest BCUT2D eigenvalue weighted by molar-refractivity contribution is 7.14. The molecule has 0 radical (unpaired) electrons. The molecule has 2 heterocycles. The highest BCUT2D eigenvalue weighted by atomic mass is 35.5. The summed E-state index contributed by atoms with van der Waals surface area (Å²) in [6.45, 7) is 0. The first-order valence-corrected chi connectivity index (χ1v) is 8.94. The minimum absolute atomic E-state index is 0.121. The van der Waals surface area contributed by atoms with Crippen LogP contribution in [0.15, 0.2) is 35.0 Å². The molecule has 3 aromatic rings. The molecule has 0 amide bonds. The smallest absolute Gasteiger partial charge is 0.176 e. The van der Waals surface area contributed by atoms with Crippen LogP contribution < -0.4 is 4.74 Å². The molecule has 1 aromatic carbocycles. The van der Waals surface area contributed by atoms with Gasteiger partial charge in [0.05, 0.1) is 28.3 Å². The van der Waals surface area contributed by atoms with Gasteiger partial charge in [0.2, 0.25) is 0 Å². The normalized spacial score (nSPS) is 11.3. The van der Waals surface area contributed by atoms with Crippen molar-refractivity contribution in [2.45, 2.75) is 0 Å². The fourth-order valence-electron chi connectivity index (χ4n) is 2.08. The van der Waals surface area contributed by atoms with Crippen LogP contribution in [0.2, 0.25) is 5.02 Å². The number of methoxy groups -OCH3 is 1. The Bertz CT molecular complexity index is 940. The number of phenols is 1. The van der Waals surface area contributed by atoms with E-state index in [4.69, 9.17) is 16.3 Å². The number of thiophene rings is 1. The zero-order chi connectivity index (χ0) is 17.1. The van der Waals surface area contributed by atoms with E-state index < -0.39 is 0 Å². The molecular weight excluding hydrogens is 364 g/mol. The van der Waals surface area contributed by atoms with Gasteiger partial charge in [0.15, 0.2) is 11.5 Å². The van der Waals surface area contributed by atoms with E-state index in [0.717, 1.165) is 10.6 Å². The van der Waals surface area contributed by atoms with Crippen LogP contribution in [0.4, 0.5) is 0 Å². The topological polar surface area (TPSA) is 66.1 Å². The van der Waals surface area contributed by atoms with Crippen LogP contribution in [0, 0.1) is 11.3 Å². The first-order valence-electron chi connectivity index (χ1n) is 6.80. The lowest BCUT2D eigenvalue weighted by Crippen LogP contribution is -1.87. The summed E-state index contributed by atoms with van der Waals surface area (Å²) >= 11 is 9.00. The Hall–Kier alpha value is -2.33. The van der Waals surface area contributed by atoms with E-state index in [1.807, 2.05) is 22.9 Å². The van der Waals surface area contributed by atoms with Crippen molar-refractivity contribution in [3.63, 3.8) is 0 Å². The molecule has 0 aliphatic rings. The van der Waals surface area contributed by atoms with Crippen LogP contribution in [0.5, 0.6) is 11.5 Å². The molecular formula is C17H11ClN2O2S2. The standard InChI is InChI=1S/C17H11ClN2O2S2/c1-22-14-7-10(6-12(18)16(14)21)5-11(8-19)17-20-13(9-24-17)15-3-2-4-23-15/h2-7,9,21H,1H3/b11-5-. The summed E-state index contributed by atoms with van der Waals surface area (Å²) in [5.74, 6) is 0.133. The lowest BCUT2D eigenvalue weighted by atomic mass is 10.1. The van der Waals surface area contributed by atoms with Crippen LogP contribution in [0.3, 0.4) is 0 Å². The molecule has 7 heteroatoms. The van der Waals surface area contributed by atoms with Crippen molar-refractivity contribution in [1.29, 1.82) is 5.26 Å². The second-order valence-corrected chi connectivity index (χ2v) is 6.95. The summed E-state index contributed by atoms with van der Waals surface area (Å²) in [6, 6.07) is 9.31. The SMILES string of the molecule is COc1cc(/C=C(/C#N)c2nc(-c3cccs3)cs2)cc(Cl)c1O. The maximum Gasteiger partial charge on any atom is 0.176 e. The first-order chi connectivity index (χ1) is 11.6. The number of allylic oxidation sites excluding steroid dienone is 1. The molecule has 2 aromatic heterocycles. The van der Waals surface area contributed by atoms with Crippen molar-refractivity contribution in [2.75, 3.05) is 7.11 Å². The number of rotatable bonds is 4. The third-order valence-electron chi connectivity index (χ3n) is 3.21. The molecule has 3 rings (SSSR count). The van der Waals surface area contributed by atoms with Crippen LogP contribution in [0.1, 0.15) is 10.6 Å². The van der Waals surface area contributed by atoms with Gasteiger partial charge in [-0.1, -0.05) is 17.7 Å². The number of hydrogen-bond acceptors (Lipinski definition) is 6. The fourth-order valence-corrected chi connectivity index (χ4v) is 3.84. The van der Waals surface area contributed by atoms with Gasteiger partial charge in [0.1, 0.15) is 11.1 Å². The summed E-state index contributed by atoms with van der Waals surface area (Å²) in [6.07, 6.45) is 1.67. The average Bonchev–Trinajstić information content (AvgIpc) is 3.26. The minimum Gasteiger partial charge on any atom is -0.503 e. The summed E-state index contributed by atoms with van der Waals surface area (Å²) in [4.78, 5) is 5.59. The highest BCUT2D eigenvalue weighted by Gasteiger charge is 2.12. The monoisotopic (exact) mass is 374 g/mol. The molecule has 0 atom stereocenters. The predicted octanol–water partition coefficient (Wildman–Crippen LogP) is 5.30. The quantitative estimate of drug-likeness (QED) is 0.629. The number of aromatic hydroxyl groups is 1. The number of halogens is 1. The molecule has 0 aliphatic heterocycles. The van der Waals surface area contributed by atoms with Crippen LogP contribution in [-0.2, 0) is 0 Å². The lowest BCUT2D eigenvalue weighted by Gasteiger charge is -2.06. The number of hydrogen-bond donors (Lipinski definition) is 1. The van der Waals surface area contributed by atoms with E-state index in [1.54, 1.807) is 29.5 Å². The first kappa shape index (κ1) is 16.5. The van der Waals surface area contributed by atoms with Crippen LogP contribution in [0.25, 0.3) is 22.2 Å². The van der Waals surface area contributed by atoms with Gasteiger partial charge in [-0.05, 0) is 35.2 Å². The number of nitriles is 1. The summed E-state index contributed by atoms with van der Waals surface area (Å²) in [5, 5.41) is 24.0. The number of thiazole rings is 1. The summed E-state index contributed by atoms with van der Waals surface area (Å²) < 4.78 is 5.08. The number of benzene rings is 1. The van der Waals surface area contributed by atoms with Gasteiger partial charge in [0, 0.05) is 5.38 Å². The second kappa shape index (κ2) is 7.05. The van der Waals surface area contributed by atoms with E-state index in [-0.39, 0.29) is 16.5 Å².